The van der Waals surface area contributed by atoms with Crippen molar-refractivity contribution >= 4 is 23.2 Å². The molecule has 2 amide bonds. The number of thiophene rings is 1. The largest absolute Gasteiger partial charge is 0.348 e. The Balaban J connectivity index is 2.20. The average molecular weight is 254 g/mol. The molecule has 0 aliphatic rings. The molecule has 0 spiro atoms. The summed E-state index contributed by atoms with van der Waals surface area (Å²) in [6, 6.07) is 3.83. The topological polar surface area (TPSA) is 58.2 Å². The third-order valence-electron chi connectivity index (χ3n) is 2.22. The number of carbonyl (C=O) groups is 2. The van der Waals surface area contributed by atoms with Crippen molar-refractivity contribution in [1.29, 1.82) is 0 Å². The smallest absolute Gasteiger partial charge is 0.309 e. The molecule has 17 heavy (non-hydrogen) atoms. The van der Waals surface area contributed by atoms with E-state index in [2.05, 4.69) is 24.5 Å². The minimum absolute atomic E-state index is 0.411. The zero-order valence-electron chi connectivity index (χ0n) is 10.2. The molecule has 1 aromatic rings. The number of hydrogen-bond donors (Lipinski definition) is 2. The number of carbonyl (C=O) groups excluding carboxylic acids is 2. The van der Waals surface area contributed by atoms with Crippen LogP contribution in [0.3, 0.4) is 0 Å². The highest BCUT2D eigenvalue weighted by molar-refractivity contribution is 7.09. The van der Waals surface area contributed by atoms with E-state index >= 15 is 0 Å². The molecule has 0 aromatic carbocycles. The van der Waals surface area contributed by atoms with E-state index in [4.69, 9.17) is 0 Å². The molecule has 0 aliphatic heterocycles. The summed E-state index contributed by atoms with van der Waals surface area (Å²) < 4.78 is 0. The van der Waals surface area contributed by atoms with Gasteiger partial charge in [0.25, 0.3) is 0 Å². The zero-order valence-corrected chi connectivity index (χ0v) is 11.0. The highest BCUT2D eigenvalue weighted by atomic mass is 32.1. The van der Waals surface area contributed by atoms with Crippen LogP contribution in [0.2, 0.25) is 0 Å². The van der Waals surface area contributed by atoms with Crippen LogP contribution >= 0.6 is 11.3 Å². The van der Waals surface area contributed by atoms with Gasteiger partial charge in [0, 0.05) is 11.4 Å². The number of rotatable bonds is 5. The van der Waals surface area contributed by atoms with Crippen LogP contribution in [0.1, 0.15) is 25.1 Å². The lowest BCUT2D eigenvalue weighted by Crippen LogP contribution is -2.40. The molecule has 0 aliphatic carbocycles. The molecule has 1 rings (SSSR count). The fourth-order valence-corrected chi connectivity index (χ4v) is 1.86. The van der Waals surface area contributed by atoms with E-state index in [1.807, 2.05) is 17.5 Å². The van der Waals surface area contributed by atoms with Crippen LogP contribution in [0.25, 0.3) is 0 Å². The minimum atomic E-state index is -0.567. The predicted molar refractivity (Wildman–Crippen MR) is 68.6 cm³/mol. The molecule has 1 heterocycles. The Morgan fingerprint density at radius 2 is 2.00 bits per heavy atom. The van der Waals surface area contributed by atoms with E-state index in [9.17, 15) is 9.59 Å². The Morgan fingerprint density at radius 1 is 1.29 bits per heavy atom. The lowest BCUT2D eigenvalue weighted by atomic mass is 10.1. The lowest BCUT2D eigenvalue weighted by molar-refractivity contribution is -0.139. The van der Waals surface area contributed by atoms with Crippen LogP contribution in [0.4, 0.5) is 0 Å². The van der Waals surface area contributed by atoms with Crippen LogP contribution in [0.15, 0.2) is 17.5 Å². The van der Waals surface area contributed by atoms with Gasteiger partial charge in [0.15, 0.2) is 0 Å². The van der Waals surface area contributed by atoms with Gasteiger partial charge in [0.2, 0.25) is 0 Å². The van der Waals surface area contributed by atoms with Crippen LogP contribution in [0, 0.1) is 5.92 Å². The first-order valence-corrected chi connectivity index (χ1v) is 6.56. The monoisotopic (exact) mass is 254 g/mol. The summed E-state index contributed by atoms with van der Waals surface area (Å²) in [5.41, 5.74) is 0. The fourth-order valence-electron chi connectivity index (χ4n) is 1.22. The Kier molecular flexibility index (Phi) is 5.69. The first-order chi connectivity index (χ1) is 8.09. The Morgan fingerprint density at radius 3 is 2.59 bits per heavy atom. The average Bonchev–Trinajstić information content (AvgIpc) is 2.78. The summed E-state index contributed by atoms with van der Waals surface area (Å²) in [6.45, 7) is 5.10. The van der Waals surface area contributed by atoms with Crippen molar-refractivity contribution in [2.24, 2.45) is 5.92 Å². The quantitative estimate of drug-likeness (QED) is 0.783. The molecule has 0 saturated heterocycles. The van der Waals surface area contributed by atoms with Gasteiger partial charge in [-0.05, 0) is 23.8 Å². The summed E-state index contributed by atoms with van der Waals surface area (Å²) in [5.74, 6) is -0.603. The molecule has 0 bridgehead atoms. The SMILES string of the molecule is CC(C)CCNC(=O)C(=O)NCc1cccs1. The van der Waals surface area contributed by atoms with E-state index in [-0.39, 0.29) is 0 Å². The second-order valence-electron chi connectivity index (χ2n) is 4.20. The van der Waals surface area contributed by atoms with Gasteiger partial charge in [-0.2, -0.15) is 0 Å². The summed E-state index contributed by atoms with van der Waals surface area (Å²) in [5, 5.41) is 7.11. The zero-order chi connectivity index (χ0) is 12.7. The predicted octanol–water partition coefficient (Wildman–Crippen LogP) is 1.53. The van der Waals surface area contributed by atoms with E-state index in [1.165, 1.54) is 0 Å². The fraction of sp³-hybridized carbons (Fsp3) is 0.500. The third-order valence-corrected chi connectivity index (χ3v) is 3.09. The van der Waals surface area contributed by atoms with Crippen molar-refractivity contribution in [3.8, 4) is 0 Å². The van der Waals surface area contributed by atoms with Crippen molar-refractivity contribution in [1.82, 2.24) is 10.6 Å². The van der Waals surface area contributed by atoms with Gasteiger partial charge in [0.1, 0.15) is 0 Å². The molecule has 0 unspecified atom stereocenters. The van der Waals surface area contributed by atoms with E-state index in [1.54, 1.807) is 11.3 Å². The maximum atomic E-state index is 11.4. The lowest BCUT2D eigenvalue weighted by Gasteiger charge is -2.07. The van der Waals surface area contributed by atoms with Crippen molar-refractivity contribution < 1.29 is 9.59 Å². The van der Waals surface area contributed by atoms with Crippen molar-refractivity contribution in [3.05, 3.63) is 22.4 Å². The molecule has 5 heteroatoms. The van der Waals surface area contributed by atoms with Crippen molar-refractivity contribution in [2.75, 3.05) is 6.54 Å². The Bertz CT molecular complexity index is 361. The van der Waals surface area contributed by atoms with Crippen LogP contribution in [-0.4, -0.2) is 18.4 Å². The number of nitrogens with one attached hydrogen (secondary N) is 2. The molecule has 2 N–H and O–H groups in total. The first kappa shape index (κ1) is 13.7. The molecular weight excluding hydrogens is 236 g/mol. The van der Waals surface area contributed by atoms with E-state index < -0.39 is 11.8 Å². The summed E-state index contributed by atoms with van der Waals surface area (Å²) in [6.07, 6.45) is 0.879. The van der Waals surface area contributed by atoms with Gasteiger partial charge in [-0.3, -0.25) is 9.59 Å². The van der Waals surface area contributed by atoms with Gasteiger partial charge < -0.3 is 10.6 Å². The van der Waals surface area contributed by atoms with Gasteiger partial charge >= 0.3 is 11.8 Å². The normalized spacial score (nSPS) is 10.3. The maximum Gasteiger partial charge on any atom is 0.309 e. The van der Waals surface area contributed by atoms with Gasteiger partial charge in [-0.25, -0.2) is 0 Å². The van der Waals surface area contributed by atoms with Crippen molar-refractivity contribution in [3.63, 3.8) is 0 Å². The summed E-state index contributed by atoms with van der Waals surface area (Å²) >= 11 is 1.55. The Hall–Kier alpha value is -1.36. The molecule has 1 aromatic heterocycles. The molecular formula is C12H18N2O2S. The third kappa shape index (κ3) is 5.49. The molecule has 0 radical (unpaired) electrons. The molecule has 0 atom stereocenters. The van der Waals surface area contributed by atoms with Gasteiger partial charge in [-0.1, -0.05) is 19.9 Å². The maximum absolute atomic E-state index is 11.4. The van der Waals surface area contributed by atoms with Crippen LogP contribution in [0.5, 0.6) is 0 Å². The van der Waals surface area contributed by atoms with E-state index in [0.29, 0.717) is 19.0 Å². The Labute approximate surface area is 105 Å². The van der Waals surface area contributed by atoms with Gasteiger partial charge in [0.05, 0.1) is 6.54 Å². The second kappa shape index (κ2) is 7.06. The summed E-state index contributed by atoms with van der Waals surface area (Å²) in [7, 11) is 0. The first-order valence-electron chi connectivity index (χ1n) is 5.68. The summed E-state index contributed by atoms with van der Waals surface area (Å²) in [4.78, 5) is 23.8. The molecule has 0 saturated carbocycles. The molecule has 94 valence electrons. The van der Waals surface area contributed by atoms with Gasteiger partial charge in [-0.15, -0.1) is 11.3 Å². The van der Waals surface area contributed by atoms with E-state index in [0.717, 1.165) is 11.3 Å². The second-order valence-corrected chi connectivity index (χ2v) is 5.23. The number of amides is 2. The minimum Gasteiger partial charge on any atom is -0.348 e. The number of hydrogen-bond acceptors (Lipinski definition) is 3. The van der Waals surface area contributed by atoms with Crippen molar-refractivity contribution in [2.45, 2.75) is 26.8 Å². The van der Waals surface area contributed by atoms with Crippen LogP contribution < -0.4 is 10.6 Å². The highest BCUT2D eigenvalue weighted by Gasteiger charge is 2.12. The van der Waals surface area contributed by atoms with Crippen LogP contribution in [-0.2, 0) is 16.1 Å². The molecule has 4 nitrogen and oxygen atoms in total. The highest BCUT2D eigenvalue weighted by Crippen LogP contribution is 2.07. The standard InChI is InChI=1S/C12H18N2O2S/c1-9(2)5-6-13-11(15)12(16)14-8-10-4-3-7-17-10/h3-4,7,9H,5-6,8H2,1-2H3,(H,13,15)(H,14,16). The molecule has 0 fully saturated rings.